The highest BCUT2D eigenvalue weighted by Gasteiger charge is 1.86. The summed E-state index contributed by atoms with van der Waals surface area (Å²) >= 11 is 0. The molecule has 0 bridgehead atoms. The minimum absolute atomic E-state index is 1.12. The summed E-state index contributed by atoms with van der Waals surface area (Å²) in [5.74, 6) is 0. The molecule has 0 spiro atoms. The van der Waals surface area contributed by atoms with E-state index in [9.17, 15) is 0 Å². The van der Waals surface area contributed by atoms with Crippen LogP contribution in [0.2, 0.25) is 0 Å². The molecule has 0 nitrogen and oxygen atoms in total. The summed E-state index contributed by atoms with van der Waals surface area (Å²) in [4.78, 5) is 0. The van der Waals surface area contributed by atoms with Crippen LogP contribution in [0.3, 0.4) is 0 Å². The summed E-state index contributed by atoms with van der Waals surface area (Å²) in [6.45, 7) is 2.03. The zero-order chi connectivity index (χ0) is 9.36. The van der Waals surface area contributed by atoms with Crippen molar-refractivity contribution in [2.24, 2.45) is 0 Å². The van der Waals surface area contributed by atoms with E-state index in [0.29, 0.717) is 0 Å². The van der Waals surface area contributed by atoms with Crippen molar-refractivity contribution in [3.63, 3.8) is 0 Å². The lowest BCUT2D eigenvalue weighted by Gasteiger charge is -1.95. The van der Waals surface area contributed by atoms with E-state index in [1.54, 1.807) is 0 Å². The van der Waals surface area contributed by atoms with Crippen LogP contribution in [-0.4, -0.2) is 0 Å². The van der Waals surface area contributed by atoms with Crippen molar-refractivity contribution >= 4 is 0 Å². The van der Waals surface area contributed by atoms with Crippen molar-refractivity contribution < 1.29 is 0 Å². The Bertz CT molecular complexity index is 267. The van der Waals surface area contributed by atoms with Gasteiger partial charge >= 0.3 is 0 Å². The van der Waals surface area contributed by atoms with Crippen LogP contribution in [-0.2, 0) is 6.42 Å². The summed E-state index contributed by atoms with van der Waals surface area (Å²) in [6.07, 6.45) is 10.7. The molecule has 0 aliphatic carbocycles. The van der Waals surface area contributed by atoms with Gasteiger partial charge in [0.25, 0.3) is 0 Å². The van der Waals surface area contributed by atoms with Gasteiger partial charge in [-0.1, -0.05) is 54.6 Å². The Balaban J connectivity index is 2.28. The van der Waals surface area contributed by atoms with Crippen LogP contribution in [0, 0.1) is 0 Å². The highest BCUT2D eigenvalue weighted by Crippen LogP contribution is 2.02. The largest absolute Gasteiger partial charge is 0.0877 e. The molecule has 1 aromatic carbocycles. The summed E-state index contributed by atoms with van der Waals surface area (Å²) in [5.41, 5.74) is 1.41. The fraction of sp³-hybridized carbons (Fsp3) is 0.231. The lowest BCUT2D eigenvalue weighted by molar-refractivity contribution is 1.00. The molecule has 0 atom stereocenters. The average Bonchev–Trinajstić information content (AvgIpc) is 2.19. The molecule has 0 aliphatic rings. The maximum atomic E-state index is 2.20. The second-order valence-corrected chi connectivity index (χ2v) is 2.98. The zero-order valence-corrected chi connectivity index (χ0v) is 8.11. The monoisotopic (exact) mass is 172 g/mol. The lowest BCUT2D eigenvalue weighted by atomic mass is 10.1. The topological polar surface area (TPSA) is 0 Å². The molecule has 0 aromatic heterocycles. The summed E-state index contributed by atoms with van der Waals surface area (Å²) in [5, 5.41) is 0. The van der Waals surface area contributed by atoms with E-state index in [1.807, 2.05) is 13.0 Å². The normalized spacial score (nSPS) is 11.5. The van der Waals surface area contributed by atoms with E-state index in [1.165, 1.54) is 5.56 Å². The van der Waals surface area contributed by atoms with Crippen molar-refractivity contribution in [2.75, 3.05) is 0 Å². The predicted octanol–water partition coefficient (Wildman–Crippen LogP) is 3.75. The minimum Gasteiger partial charge on any atom is -0.0877 e. The van der Waals surface area contributed by atoms with Crippen LogP contribution in [0.4, 0.5) is 0 Å². The van der Waals surface area contributed by atoms with Crippen LogP contribution in [0.5, 0.6) is 0 Å². The van der Waals surface area contributed by atoms with Gasteiger partial charge in [-0.25, -0.2) is 0 Å². The van der Waals surface area contributed by atoms with Crippen LogP contribution in [0.1, 0.15) is 18.9 Å². The van der Waals surface area contributed by atoms with Gasteiger partial charge in [0.1, 0.15) is 0 Å². The molecule has 1 aromatic rings. The van der Waals surface area contributed by atoms with Crippen molar-refractivity contribution in [3.05, 3.63) is 60.2 Å². The van der Waals surface area contributed by atoms with Gasteiger partial charge in [-0.3, -0.25) is 0 Å². The van der Waals surface area contributed by atoms with E-state index >= 15 is 0 Å². The Hall–Kier alpha value is -1.30. The standard InChI is InChI=1S/C13H16/c1-2-3-4-5-7-10-13-11-8-6-9-12-13/h2-6,8-9,11-12H,7,10H2,1H3. The summed E-state index contributed by atoms with van der Waals surface area (Å²) in [6, 6.07) is 10.6. The third-order valence-electron chi connectivity index (χ3n) is 1.88. The number of allylic oxidation sites excluding steroid dienone is 4. The maximum absolute atomic E-state index is 2.20. The highest BCUT2D eigenvalue weighted by atomic mass is 13.9. The molecule has 0 radical (unpaired) electrons. The average molecular weight is 172 g/mol. The number of hydrogen-bond acceptors (Lipinski definition) is 0. The number of benzene rings is 1. The molecule has 1 rings (SSSR count). The highest BCUT2D eigenvalue weighted by molar-refractivity contribution is 5.15. The van der Waals surface area contributed by atoms with Crippen molar-refractivity contribution in [3.8, 4) is 0 Å². The molecule has 0 heterocycles. The van der Waals surface area contributed by atoms with Crippen LogP contribution >= 0.6 is 0 Å². The molecule has 0 saturated heterocycles. The molecule has 0 N–H and O–H groups in total. The zero-order valence-electron chi connectivity index (χ0n) is 8.11. The lowest BCUT2D eigenvalue weighted by Crippen LogP contribution is -1.80. The fourth-order valence-corrected chi connectivity index (χ4v) is 1.18. The second-order valence-electron chi connectivity index (χ2n) is 2.98. The number of rotatable bonds is 4. The molecule has 68 valence electrons. The van der Waals surface area contributed by atoms with Gasteiger partial charge in [0, 0.05) is 0 Å². The van der Waals surface area contributed by atoms with E-state index in [4.69, 9.17) is 0 Å². The smallest absolute Gasteiger partial charge is 0.0244 e. The predicted molar refractivity (Wildman–Crippen MR) is 58.7 cm³/mol. The summed E-state index contributed by atoms with van der Waals surface area (Å²) in [7, 11) is 0. The first-order chi connectivity index (χ1) is 6.43. The molecule has 0 fully saturated rings. The SMILES string of the molecule is CC=CC=CCCc1ccccc1. The molecular formula is C13H16. The minimum atomic E-state index is 1.12. The number of hydrogen-bond donors (Lipinski definition) is 0. The van der Waals surface area contributed by atoms with Crippen molar-refractivity contribution in [1.29, 1.82) is 0 Å². The van der Waals surface area contributed by atoms with E-state index in [0.717, 1.165) is 12.8 Å². The fourth-order valence-electron chi connectivity index (χ4n) is 1.18. The first kappa shape index (κ1) is 9.79. The van der Waals surface area contributed by atoms with Gasteiger partial charge < -0.3 is 0 Å². The van der Waals surface area contributed by atoms with Crippen molar-refractivity contribution in [1.82, 2.24) is 0 Å². The molecule has 0 amide bonds. The van der Waals surface area contributed by atoms with Gasteiger partial charge in [-0.2, -0.15) is 0 Å². The Morgan fingerprint density at radius 2 is 1.85 bits per heavy atom. The molecule has 0 saturated carbocycles. The number of aryl methyl sites for hydroxylation is 1. The van der Waals surface area contributed by atoms with Gasteiger partial charge in [-0.05, 0) is 25.3 Å². The molecule has 0 aliphatic heterocycles. The first-order valence-electron chi connectivity index (χ1n) is 4.75. The molecular weight excluding hydrogens is 156 g/mol. The Kier molecular flexibility index (Phi) is 4.70. The van der Waals surface area contributed by atoms with Crippen molar-refractivity contribution in [2.45, 2.75) is 19.8 Å². The second kappa shape index (κ2) is 6.24. The van der Waals surface area contributed by atoms with Gasteiger partial charge in [0.05, 0.1) is 0 Å². The Morgan fingerprint density at radius 3 is 2.54 bits per heavy atom. The van der Waals surface area contributed by atoms with E-state index in [-0.39, 0.29) is 0 Å². The van der Waals surface area contributed by atoms with Gasteiger partial charge in [0.15, 0.2) is 0 Å². The van der Waals surface area contributed by atoms with Crippen LogP contribution in [0.25, 0.3) is 0 Å². The van der Waals surface area contributed by atoms with Crippen LogP contribution < -0.4 is 0 Å². The summed E-state index contributed by atoms with van der Waals surface area (Å²) < 4.78 is 0. The quantitative estimate of drug-likeness (QED) is 0.607. The molecule has 0 heteroatoms. The maximum Gasteiger partial charge on any atom is -0.0244 e. The molecule has 13 heavy (non-hydrogen) atoms. The Morgan fingerprint density at radius 1 is 1.08 bits per heavy atom. The Labute approximate surface area is 80.6 Å². The third-order valence-corrected chi connectivity index (χ3v) is 1.88. The van der Waals surface area contributed by atoms with Crippen LogP contribution in [0.15, 0.2) is 54.6 Å². The van der Waals surface area contributed by atoms with Gasteiger partial charge in [-0.15, -0.1) is 0 Å². The third kappa shape index (κ3) is 4.32. The van der Waals surface area contributed by atoms with E-state index in [2.05, 4.69) is 48.6 Å². The van der Waals surface area contributed by atoms with Gasteiger partial charge in [0.2, 0.25) is 0 Å². The first-order valence-corrected chi connectivity index (χ1v) is 4.75. The van der Waals surface area contributed by atoms with E-state index < -0.39 is 0 Å². The molecule has 0 unspecified atom stereocenters.